The summed E-state index contributed by atoms with van der Waals surface area (Å²) in [6, 6.07) is 12.0. The molecule has 0 unspecified atom stereocenters. The van der Waals surface area contributed by atoms with Gasteiger partial charge in [0.2, 0.25) is 0 Å². The molecule has 2 aromatic rings. The zero-order valence-electron chi connectivity index (χ0n) is 14.6. The number of rotatable bonds is 3. The molecule has 0 saturated heterocycles. The van der Waals surface area contributed by atoms with Crippen LogP contribution in [0.1, 0.15) is 32.8 Å². The second-order valence-electron chi connectivity index (χ2n) is 6.34. The Kier molecular flexibility index (Phi) is 5.70. The predicted molar refractivity (Wildman–Crippen MR) is 96.2 cm³/mol. The first kappa shape index (κ1) is 17.7. The third-order valence-electron chi connectivity index (χ3n) is 3.24. The molecule has 0 radical (unpaired) electrons. The van der Waals surface area contributed by atoms with Gasteiger partial charge >= 0.3 is 6.09 Å². The van der Waals surface area contributed by atoms with Gasteiger partial charge in [0.1, 0.15) is 11.4 Å². The van der Waals surface area contributed by atoms with Crippen LogP contribution in [0.3, 0.4) is 0 Å². The third kappa shape index (κ3) is 4.92. The van der Waals surface area contributed by atoms with E-state index >= 15 is 0 Å². The standard InChI is InChI=1S/C20H23NO3/c1-20(2,3)24-19(22)21-14-8-7-11-17-16-10-6-5-9-15(16)12-13-18(17)23-4/h5-6,9-10,12-13H,8,14H2,1-4H3,(H,21,22). The van der Waals surface area contributed by atoms with Crippen LogP contribution in [0, 0.1) is 11.8 Å². The number of methoxy groups -OCH3 is 1. The summed E-state index contributed by atoms with van der Waals surface area (Å²) in [6.45, 7) is 5.94. The Morgan fingerprint density at radius 3 is 2.62 bits per heavy atom. The summed E-state index contributed by atoms with van der Waals surface area (Å²) < 4.78 is 10.6. The molecule has 2 rings (SSSR count). The van der Waals surface area contributed by atoms with Gasteiger partial charge in [-0.05, 0) is 32.2 Å². The number of carbonyl (C=O) groups excluding carboxylic acids is 1. The lowest BCUT2D eigenvalue weighted by Gasteiger charge is -2.19. The first-order chi connectivity index (χ1) is 11.4. The van der Waals surface area contributed by atoms with Gasteiger partial charge in [-0.1, -0.05) is 42.2 Å². The van der Waals surface area contributed by atoms with E-state index in [2.05, 4.69) is 17.2 Å². The summed E-state index contributed by atoms with van der Waals surface area (Å²) in [5.74, 6) is 7.00. The van der Waals surface area contributed by atoms with Crippen LogP contribution in [0.15, 0.2) is 36.4 Å². The number of carbonyl (C=O) groups is 1. The molecular weight excluding hydrogens is 302 g/mol. The van der Waals surface area contributed by atoms with Crippen molar-refractivity contribution in [1.82, 2.24) is 5.32 Å². The van der Waals surface area contributed by atoms with Crippen molar-refractivity contribution in [2.75, 3.05) is 13.7 Å². The Bertz CT molecular complexity index is 779. The maximum Gasteiger partial charge on any atom is 0.407 e. The highest BCUT2D eigenvalue weighted by molar-refractivity contribution is 5.90. The molecule has 1 N–H and O–H groups in total. The Hall–Kier alpha value is -2.67. The average Bonchev–Trinajstić information content (AvgIpc) is 2.52. The molecular formula is C20H23NO3. The molecule has 4 nitrogen and oxygen atoms in total. The molecule has 0 bridgehead atoms. The van der Waals surface area contributed by atoms with Gasteiger partial charge in [0.05, 0.1) is 12.7 Å². The molecule has 0 aromatic heterocycles. The molecule has 0 spiro atoms. The van der Waals surface area contributed by atoms with Crippen molar-refractivity contribution in [3.05, 3.63) is 42.0 Å². The van der Waals surface area contributed by atoms with E-state index in [0.717, 1.165) is 22.1 Å². The molecule has 24 heavy (non-hydrogen) atoms. The van der Waals surface area contributed by atoms with Crippen molar-refractivity contribution < 1.29 is 14.3 Å². The highest BCUT2D eigenvalue weighted by atomic mass is 16.6. The molecule has 4 heteroatoms. The van der Waals surface area contributed by atoms with E-state index in [1.54, 1.807) is 7.11 Å². The van der Waals surface area contributed by atoms with Crippen LogP contribution >= 0.6 is 0 Å². The highest BCUT2D eigenvalue weighted by Gasteiger charge is 2.15. The highest BCUT2D eigenvalue weighted by Crippen LogP contribution is 2.26. The van der Waals surface area contributed by atoms with E-state index in [0.29, 0.717) is 13.0 Å². The summed E-state index contributed by atoms with van der Waals surface area (Å²) >= 11 is 0. The van der Waals surface area contributed by atoms with Crippen LogP contribution in [0.4, 0.5) is 4.79 Å². The molecule has 0 fully saturated rings. The van der Waals surface area contributed by atoms with Gasteiger partial charge in [0, 0.05) is 18.4 Å². The molecule has 2 aromatic carbocycles. The number of alkyl carbamates (subject to hydrolysis) is 1. The third-order valence-corrected chi connectivity index (χ3v) is 3.24. The van der Waals surface area contributed by atoms with Crippen LogP contribution in [0.25, 0.3) is 10.8 Å². The van der Waals surface area contributed by atoms with Gasteiger partial charge < -0.3 is 14.8 Å². The molecule has 0 aliphatic rings. The van der Waals surface area contributed by atoms with E-state index in [1.165, 1.54) is 0 Å². The Morgan fingerprint density at radius 1 is 1.17 bits per heavy atom. The molecule has 126 valence electrons. The molecule has 0 saturated carbocycles. The lowest BCUT2D eigenvalue weighted by molar-refractivity contribution is 0.0529. The van der Waals surface area contributed by atoms with Crippen molar-refractivity contribution >= 4 is 16.9 Å². The first-order valence-corrected chi connectivity index (χ1v) is 7.92. The van der Waals surface area contributed by atoms with Crippen molar-refractivity contribution in [2.45, 2.75) is 32.8 Å². The average molecular weight is 325 g/mol. The maximum absolute atomic E-state index is 11.6. The monoisotopic (exact) mass is 325 g/mol. The number of nitrogens with one attached hydrogen (secondary N) is 1. The summed E-state index contributed by atoms with van der Waals surface area (Å²) in [7, 11) is 1.64. The number of amides is 1. The summed E-state index contributed by atoms with van der Waals surface area (Å²) in [4.78, 5) is 11.6. The fourth-order valence-corrected chi connectivity index (χ4v) is 2.24. The van der Waals surface area contributed by atoms with Gasteiger partial charge in [-0.3, -0.25) is 0 Å². The smallest absolute Gasteiger partial charge is 0.407 e. The Balaban J connectivity index is 2.03. The fraction of sp³-hybridized carbons (Fsp3) is 0.350. The summed E-state index contributed by atoms with van der Waals surface area (Å²) in [5.41, 5.74) is 0.374. The van der Waals surface area contributed by atoms with Gasteiger partial charge in [-0.25, -0.2) is 4.79 Å². The van der Waals surface area contributed by atoms with Gasteiger partial charge in [0.15, 0.2) is 0 Å². The van der Waals surface area contributed by atoms with Crippen molar-refractivity contribution in [3.63, 3.8) is 0 Å². The van der Waals surface area contributed by atoms with Crippen molar-refractivity contribution in [2.24, 2.45) is 0 Å². The minimum absolute atomic E-state index is 0.424. The quantitative estimate of drug-likeness (QED) is 0.682. The molecule has 0 aliphatic heterocycles. The lowest BCUT2D eigenvalue weighted by atomic mass is 10.0. The first-order valence-electron chi connectivity index (χ1n) is 7.92. The summed E-state index contributed by atoms with van der Waals surface area (Å²) in [5, 5.41) is 4.88. The number of benzene rings is 2. The molecule has 0 heterocycles. The minimum Gasteiger partial charge on any atom is -0.495 e. The topological polar surface area (TPSA) is 47.6 Å². The van der Waals surface area contributed by atoms with E-state index in [4.69, 9.17) is 9.47 Å². The maximum atomic E-state index is 11.6. The zero-order valence-corrected chi connectivity index (χ0v) is 14.6. The van der Waals surface area contributed by atoms with Crippen molar-refractivity contribution in [3.8, 4) is 17.6 Å². The van der Waals surface area contributed by atoms with E-state index in [-0.39, 0.29) is 0 Å². The van der Waals surface area contributed by atoms with Crippen LogP contribution in [0.2, 0.25) is 0 Å². The molecule has 0 atom stereocenters. The van der Waals surface area contributed by atoms with Crippen LogP contribution < -0.4 is 10.1 Å². The second kappa shape index (κ2) is 7.74. The normalized spacial score (nSPS) is 10.7. The molecule has 0 aliphatic carbocycles. The number of hydrogen-bond donors (Lipinski definition) is 1. The van der Waals surface area contributed by atoms with Crippen LogP contribution in [-0.2, 0) is 4.74 Å². The van der Waals surface area contributed by atoms with E-state index in [1.807, 2.05) is 57.2 Å². The number of fused-ring (bicyclic) bond motifs is 1. The summed E-state index contributed by atoms with van der Waals surface area (Å²) in [6.07, 6.45) is 0.109. The van der Waals surface area contributed by atoms with Crippen molar-refractivity contribution in [1.29, 1.82) is 0 Å². The SMILES string of the molecule is COc1ccc2ccccc2c1C#CCCNC(=O)OC(C)(C)C. The van der Waals surface area contributed by atoms with Gasteiger partial charge in [-0.15, -0.1) is 0 Å². The van der Waals surface area contributed by atoms with E-state index < -0.39 is 11.7 Å². The number of hydrogen-bond acceptors (Lipinski definition) is 3. The van der Waals surface area contributed by atoms with Crippen LogP contribution in [0.5, 0.6) is 5.75 Å². The number of ether oxygens (including phenoxy) is 2. The predicted octanol–water partition coefficient (Wildman–Crippen LogP) is 4.11. The molecule has 1 amide bonds. The van der Waals surface area contributed by atoms with E-state index in [9.17, 15) is 4.79 Å². The fourth-order valence-electron chi connectivity index (χ4n) is 2.24. The van der Waals surface area contributed by atoms with Crippen LogP contribution in [-0.4, -0.2) is 25.3 Å². The zero-order chi connectivity index (χ0) is 17.6. The van der Waals surface area contributed by atoms with Gasteiger partial charge in [0.25, 0.3) is 0 Å². The Morgan fingerprint density at radius 2 is 1.92 bits per heavy atom. The van der Waals surface area contributed by atoms with Gasteiger partial charge in [-0.2, -0.15) is 0 Å². The largest absolute Gasteiger partial charge is 0.495 e. The second-order valence-corrected chi connectivity index (χ2v) is 6.34. The Labute approximate surface area is 143 Å². The minimum atomic E-state index is -0.494. The lowest BCUT2D eigenvalue weighted by Crippen LogP contribution is -2.32.